The van der Waals surface area contributed by atoms with E-state index in [4.69, 9.17) is 0 Å². The maximum absolute atomic E-state index is 11.3. The van der Waals surface area contributed by atoms with Gasteiger partial charge in [-0.1, -0.05) is 45.4 Å². The molecule has 1 N–H and O–H groups in total. The monoisotopic (exact) mass is 297 g/mol. The second-order valence-corrected chi connectivity index (χ2v) is 6.43. The predicted octanol–water partition coefficient (Wildman–Crippen LogP) is 4.84. The number of rotatable bonds is 11. The van der Waals surface area contributed by atoms with Crippen molar-refractivity contribution >= 4 is 17.3 Å². The zero-order valence-corrected chi connectivity index (χ0v) is 13.5. The molecule has 3 nitrogen and oxygen atoms in total. The molecule has 1 heterocycles. The van der Waals surface area contributed by atoms with E-state index in [1.807, 2.05) is 12.4 Å². The molecule has 0 aliphatic carbocycles. The first-order valence-electron chi connectivity index (χ1n) is 7.77. The number of carboxylic acid groups (broad SMARTS) is 1. The first-order chi connectivity index (χ1) is 9.65. The SMILES string of the molecule is CCCCCCCCC(CCc1scnc1C)C(=O)O. The zero-order chi connectivity index (χ0) is 14.8. The molecule has 0 bridgehead atoms. The Morgan fingerprint density at radius 2 is 1.95 bits per heavy atom. The maximum atomic E-state index is 11.3. The molecule has 1 atom stereocenters. The third-order valence-corrected chi connectivity index (χ3v) is 4.81. The third-order valence-electron chi connectivity index (χ3n) is 3.82. The smallest absolute Gasteiger partial charge is 0.306 e. The van der Waals surface area contributed by atoms with Crippen LogP contribution in [0.3, 0.4) is 0 Å². The first-order valence-corrected chi connectivity index (χ1v) is 8.64. The highest BCUT2D eigenvalue weighted by atomic mass is 32.1. The Labute approximate surface area is 126 Å². The molecule has 0 saturated heterocycles. The Morgan fingerprint density at radius 1 is 1.25 bits per heavy atom. The van der Waals surface area contributed by atoms with E-state index in [-0.39, 0.29) is 5.92 Å². The van der Waals surface area contributed by atoms with Gasteiger partial charge in [-0.05, 0) is 26.2 Å². The summed E-state index contributed by atoms with van der Waals surface area (Å²) in [6.45, 7) is 4.21. The van der Waals surface area contributed by atoms with Crippen LogP contribution in [0.15, 0.2) is 5.51 Å². The summed E-state index contributed by atoms with van der Waals surface area (Å²) >= 11 is 1.64. The Hall–Kier alpha value is -0.900. The van der Waals surface area contributed by atoms with E-state index in [0.29, 0.717) is 0 Å². The number of unbranched alkanes of at least 4 members (excludes halogenated alkanes) is 5. The minimum absolute atomic E-state index is 0.192. The molecule has 0 aliphatic heterocycles. The van der Waals surface area contributed by atoms with E-state index in [1.54, 1.807) is 11.3 Å². The molecule has 0 spiro atoms. The van der Waals surface area contributed by atoms with Crippen LogP contribution in [-0.4, -0.2) is 16.1 Å². The van der Waals surface area contributed by atoms with Gasteiger partial charge in [0.15, 0.2) is 0 Å². The van der Waals surface area contributed by atoms with Gasteiger partial charge in [-0.25, -0.2) is 4.98 Å². The molecule has 1 aromatic heterocycles. The minimum Gasteiger partial charge on any atom is -0.481 e. The van der Waals surface area contributed by atoms with Crippen LogP contribution in [0.25, 0.3) is 0 Å². The van der Waals surface area contributed by atoms with Crippen LogP contribution in [0.4, 0.5) is 0 Å². The number of aliphatic carboxylic acids is 1. The summed E-state index contributed by atoms with van der Waals surface area (Å²) in [4.78, 5) is 16.7. The number of aromatic nitrogens is 1. The highest BCUT2D eigenvalue weighted by Crippen LogP contribution is 2.21. The van der Waals surface area contributed by atoms with Crippen LogP contribution in [0.1, 0.15) is 68.9 Å². The molecular formula is C16H27NO2S. The third kappa shape index (κ3) is 6.51. The van der Waals surface area contributed by atoms with Crippen LogP contribution in [0.2, 0.25) is 0 Å². The Bertz CT molecular complexity index is 390. The van der Waals surface area contributed by atoms with Crippen LogP contribution >= 0.6 is 11.3 Å². The van der Waals surface area contributed by atoms with Crippen LogP contribution in [0, 0.1) is 12.8 Å². The first kappa shape index (κ1) is 17.2. The molecule has 1 aromatic rings. The molecular weight excluding hydrogens is 270 g/mol. The minimum atomic E-state index is -0.638. The van der Waals surface area contributed by atoms with Crippen molar-refractivity contribution in [3.05, 3.63) is 16.1 Å². The van der Waals surface area contributed by atoms with E-state index in [1.165, 1.54) is 37.0 Å². The normalized spacial score (nSPS) is 12.5. The molecule has 1 unspecified atom stereocenters. The van der Waals surface area contributed by atoms with Gasteiger partial charge in [0.25, 0.3) is 0 Å². The van der Waals surface area contributed by atoms with Crippen molar-refractivity contribution in [2.24, 2.45) is 5.92 Å². The number of hydrogen-bond donors (Lipinski definition) is 1. The maximum Gasteiger partial charge on any atom is 0.306 e. The summed E-state index contributed by atoms with van der Waals surface area (Å²) < 4.78 is 0. The van der Waals surface area contributed by atoms with Gasteiger partial charge in [0.1, 0.15) is 0 Å². The van der Waals surface area contributed by atoms with Gasteiger partial charge < -0.3 is 5.11 Å². The van der Waals surface area contributed by atoms with E-state index < -0.39 is 5.97 Å². The fourth-order valence-corrected chi connectivity index (χ4v) is 3.23. The number of hydrogen-bond acceptors (Lipinski definition) is 3. The zero-order valence-electron chi connectivity index (χ0n) is 12.7. The number of aryl methyl sites for hydroxylation is 2. The van der Waals surface area contributed by atoms with Crippen molar-refractivity contribution in [2.45, 2.75) is 71.6 Å². The summed E-state index contributed by atoms with van der Waals surface area (Å²) in [6, 6.07) is 0. The van der Waals surface area contributed by atoms with Gasteiger partial charge in [-0.3, -0.25) is 4.79 Å². The average molecular weight is 297 g/mol. The van der Waals surface area contributed by atoms with Gasteiger partial charge in [-0.15, -0.1) is 11.3 Å². The lowest BCUT2D eigenvalue weighted by Crippen LogP contribution is -2.14. The summed E-state index contributed by atoms with van der Waals surface area (Å²) in [5, 5.41) is 9.30. The van der Waals surface area contributed by atoms with Crippen LogP contribution in [0.5, 0.6) is 0 Å². The number of nitrogens with zero attached hydrogens (tertiary/aromatic N) is 1. The topological polar surface area (TPSA) is 50.2 Å². The lowest BCUT2D eigenvalue weighted by atomic mass is 9.95. The molecule has 4 heteroatoms. The van der Waals surface area contributed by atoms with Gasteiger partial charge in [-0.2, -0.15) is 0 Å². The molecule has 1 rings (SSSR count). The lowest BCUT2D eigenvalue weighted by molar-refractivity contribution is -0.142. The van der Waals surface area contributed by atoms with Gasteiger partial charge in [0.2, 0.25) is 0 Å². The van der Waals surface area contributed by atoms with Gasteiger partial charge in [0, 0.05) is 4.88 Å². The van der Waals surface area contributed by atoms with E-state index >= 15 is 0 Å². The number of carboxylic acids is 1. The van der Waals surface area contributed by atoms with E-state index in [2.05, 4.69) is 11.9 Å². The van der Waals surface area contributed by atoms with Crippen molar-refractivity contribution in [3.8, 4) is 0 Å². The molecule has 0 radical (unpaired) electrons. The highest BCUT2D eigenvalue weighted by molar-refractivity contribution is 7.09. The molecule has 0 aliphatic rings. The van der Waals surface area contributed by atoms with Crippen LogP contribution < -0.4 is 0 Å². The summed E-state index contributed by atoms with van der Waals surface area (Å²) in [5.41, 5.74) is 2.90. The summed E-state index contributed by atoms with van der Waals surface area (Å²) in [6.07, 6.45) is 9.71. The molecule has 0 fully saturated rings. The second-order valence-electron chi connectivity index (χ2n) is 5.49. The Morgan fingerprint density at radius 3 is 2.55 bits per heavy atom. The predicted molar refractivity (Wildman–Crippen MR) is 84.3 cm³/mol. The Balaban J connectivity index is 2.23. The van der Waals surface area contributed by atoms with Crippen molar-refractivity contribution in [2.75, 3.05) is 0 Å². The average Bonchev–Trinajstić information content (AvgIpc) is 2.82. The largest absolute Gasteiger partial charge is 0.481 e. The van der Waals surface area contributed by atoms with Gasteiger partial charge >= 0.3 is 5.97 Å². The lowest BCUT2D eigenvalue weighted by Gasteiger charge is -2.11. The second kappa shape index (κ2) is 9.92. The molecule has 0 amide bonds. The quantitative estimate of drug-likeness (QED) is 0.595. The summed E-state index contributed by atoms with van der Waals surface area (Å²) in [5.74, 6) is -0.830. The fraction of sp³-hybridized carbons (Fsp3) is 0.750. The molecule has 20 heavy (non-hydrogen) atoms. The number of thiazole rings is 1. The van der Waals surface area contributed by atoms with Crippen molar-refractivity contribution in [1.82, 2.24) is 4.98 Å². The van der Waals surface area contributed by atoms with E-state index in [0.717, 1.165) is 31.4 Å². The van der Waals surface area contributed by atoms with Crippen LogP contribution in [-0.2, 0) is 11.2 Å². The van der Waals surface area contributed by atoms with Gasteiger partial charge in [0.05, 0.1) is 17.1 Å². The molecule has 0 saturated carbocycles. The Kier molecular flexibility index (Phi) is 8.51. The molecule has 114 valence electrons. The highest BCUT2D eigenvalue weighted by Gasteiger charge is 2.17. The number of carbonyl (C=O) groups is 1. The molecule has 0 aromatic carbocycles. The standard InChI is InChI=1S/C16H27NO2S/c1-3-4-5-6-7-8-9-14(16(18)19)10-11-15-13(2)17-12-20-15/h12,14H,3-11H2,1-2H3,(H,18,19). The van der Waals surface area contributed by atoms with Crippen molar-refractivity contribution < 1.29 is 9.90 Å². The van der Waals surface area contributed by atoms with Crippen molar-refractivity contribution in [3.63, 3.8) is 0 Å². The fourth-order valence-electron chi connectivity index (χ4n) is 2.43. The van der Waals surface area contributed by atoms with Crippen molar-refractivity contribution in [1.29, 1.82) is 0 Å². The van der Waals surface area contributed by atoms with E-state index in [9.17, 15) is 9.90 Å². The summed E-state index contributed by atoms with van der Waals surface area (Å²) in [7, 11) is 0.